The summed E-state index contributed by atoms with van der Waals surface area (Å²) in [7, 11) is 0. The minimum absolute atomic E-state index is 0.0220. The van der Waals surface area contributed by atoms with Gasteiger partial charge in [-0.3, -0.25) is 19.4 Å². The molecule has 2 aliphatic heterocycles. The molecule has 1 fully saturated rings. The Bertz CT molecular complexity index is 1090. The van der Waals surface area contributed by atoms with E-state index in [9.17, 15) is 23.2 Å². The van der Waals surface area contributed by atoms with Crippen LogP contribution in [0.25, 0.3) is 0 Å². The quantitative estimate of drug-likeness (QED) is 0.693. The van der Waals surface area contributed by atoms with Crippen molar-refractivity contribution < 1.29 is 18.4 Å². The van der Waals surface area contributed by atoms with Crippen LogP contribution in [0.4, 0.5) is 26.2 Å². The molecule has 31 heavy (non-hydrogen) atoms. The highest BCUT2D eigenvalue weighted by atomic mass is 19.2. The van der Waals surface area contributed by atoms with Gasteiger partial charge in [0.15, 0.2) is 11.6 Å². The number of aromatic amines is 1. The molecule has 3 heterocycles. The first-order chi connectivity index (χ1) is 14.7. The highest BCUT2D eigenvalue weighted by Crippen LogP contribution is 2.31. The fourth-order valence-electron chi connectivity index (χ4n) is 4.37. The van der Waals surface area contributed by atoms with Crippen molar-refractivity contribution in [2.75, 3.05) is 28.6 Å². The van der Waals surface area contributed by atoms with Crippen LogP contribution in [0.5, 0.6) is 0 Å². The molecular weight excluding hydrogens is 408 g/mol. The van der Waals surface area contributed by atoms with Crippen LogP contribution in [0.1, 0.15) is 38.2 Å². The van der Waals surface area contributed by atoms with E-state index in [2.05, 4.69) is 34.4 Å². The number of nitrogens with one attached hydrogen (secondary N) is 3. The first-order valence-electron chi connectivity index (χ1n) is 10.2. The second kappa shape index (κ2) is 8.09. The number of H-pyrrole nitrogens is 1. The van der Waals surface area contributed by atoms with E-state index in [1.165, 1.54) is 6.07 Å². The maximum absolute atomic E-state index is 13.5. The first-order valence-corrected chi connectivity index (χ1v) is 10.2. The molecule has 1 saturated heterocycles. The zero-order chi connectivity index (χ0) is 22.3. The molecule has 2 aromatic rings. The summed E-state index contributed by atoms with van der Waals surface area (Å²) in [6.07, 6.45) is 0.818. The van der Waals surface area contributed by atoms with Gasteiger partial charge in [-0.25, -0.2) is 8.78 Å². The fourth-order valence-corrected chi connectivity index (χ4v) is 4.37. The van der Waals surface area contributed by atoms with Crippen LogP contribution in [-0.4, -0.2) is 34.9 Å². The van der Waals surface area contributed by atoms with Gasteiger partial charge in [0.25, 0.3) is 5.56 Å². The van der Waals surface area contributed by atoms with E-state index in [-0.39, 0.29) is 23.5 Å². The molecule has 4 rings (SSSR count). The number of piperidine rings is 1. The third-order valence-electron chi connectivity index (χ3n) is 5.61. The smallest absolute Gasteiger partial charge is 0.258 e. The van der Waals surface area contributed by atoms with E-state index in [0.717, 1.165) is 31.6 Å². The third-order valence-corrected chi connectivity index (χ3v) is 5.61. The first kappa shape index (κ1) is 21.0. The van der Waals surface area contributed by atoms with Crippen LogP contribution < -0.4 is 21.1 Å². The molecule has 1 aromatic carbocycles. The Morgan fingerprint density at radius 1 is 1.16 bits per heavy atom. The van der Waals surface area contributed by atoms with E-state index in [4.69, 9.17) is 0 Å². The number of hydrogen-bond acceptors (Lipinski definition) is 5. The normalized spacial score (nSPS) is 23.2. The standard InChI is InChI=1S/C21H23F2N5O3/c1-10-5-11(2)9-28(8-10)21-26-18-17(20(31)27-21)13(7-16(29)25-18)19(30)24-12-3-4-14(22)15(23)6-12/h3-4,6,10-11,13H,5,7-9H2,1-2H3,(H,24,30)(H2,25,26,27,29,31)/t10-,11-,13-/m1/s1. The van der Waals surface area contributed by atoms with Gasteiger partial charge in [-0.15, -0.1) is 0 Å². The second-order valence-electron chi connectivity index (χ2n) is 8.43. The number of amides is 2. The number of fused-ring (bicyclic) bond motifs is 1. The lowest BCUT2D eigenvalue weighted by Gasteiger charge is -2.35. The average molecular weight is 431 g/mol. The Balaban J connectivity index is 1.64. The van der Waals surface area contributed by atoms with E-state index in [0.29, 0.717) is 17.8 Å². The third kappa shape index (κ3) is 4.28. The molecule has 8 nitrogen and oxygen atoms in total. The van der Waals surface area contributed by atoms with Crippen molar-refractivity contribution >= 4 is 29.3 Å². The number of benzene rings is 1. The monoisotopic (exact) mass is 431 g/mol. The van der Waals surface area contributed by atoms with Crippen LogP contribution in [0.3, 0.4) is 0 Å². The van der Waals surface area contributed by atoms with Crippen LogP contribution in [0.15, 0.2) is 23.0 Å². The van der Waals surface area contributed by atoms with Crippen LogP contribution in [0.2, 0.25) is 0 Å². The molecule has 0 bridgehead atoms. The number of aromatic nitrogens is 2. The molecular formula is C21H23F2N5O3. The SMILES string of the molecule is C[C@@H]1C[C@@H](C)CN(c2nc3c(c(=O)[nH]2)[C@H](C(=O)Nc2ccc(F)c(F)c2)CC(=O)N3)C1. The topological polar surface area (TPSA) is 107 Å². The molecule has 3 atom stereocenters. The Hall–Kier alpha value is -3.30. The van der Waals surface area contributed by atoms with E-state index < -0.39 is 34.9 Å². The summed E-state index contributed by atoms with van der Waals surface area (Å²) in [6, 6.07) is 2.92. The number of rotatable bonds is 3. The van der Waals surface area contributed by atoms with E-state index in [1.807, 2.05) is 4.90 Å². The Kier molecular flexibility index (Phi) is 5.47. The Morgan fingerprint density at radius 2 is 1.87 bits per heavy atom. The van der Waals surface area contributed by atoms with Gasteiger partial charge >= 0.3 is 0 Å². The van der Waals surface area contributed by atoms with E-state index >= 15 is 0 Å². The highest BCUT2D eigenvalue weighted by molar-refractivity contribution is 6.04. The van der Waals surface area contributed by atoms with Crippen molar-refractivity contribution in [2.45, 2.75) is 32.6 Å². The van der Waals surface area contributed by atoms with Crippen LogP contribution >= 0.6 is 0 Å². The summed E-state index contributed by atoms with van der Waals surface area (Å²) >= 11 is 0. The van der Waals surface area contributed by atoms with Crippen molar-refractivity contribution in [1.82, 2.24) is 9.97 Å². The predicted octanol–water partition coefficient (Wildman–Crippen LogP) is 2.59. The van der Waals surface area contributed by atoms with Crippen molar-refractivity contribution in [3.63, 3.8) is 0 Å². The molecule has 0 unspecified atom stereocenters. The fraction of sp³-hybridized carbons (Fsp3) is 0.429. The summed E-state index contributed by atoms with van der Waals surface area (Å²) in [4.78, 5) is 47.1. The maximum atomic E-state index is 13.5. The number of hydrogen-bond donors (Lipinski definition) is 3. The zero-order valence-electron chi connectivity index (χ0n) is 17.2. The second-order valence-corrected chi connectivity index (χ2v) is 8.43. The molecule has 10 heteroatoms. The Morgan fingerprint density at radius 3 is 2.55 bits per heavy atom. The molecule has 0 saturated carbocycles. The minimum atomic E-state index is -1.12. The summed E-state index contributed by atoms with van der Waals surface area (Å²) < 4.78 is 26.6. The van der Waals surface area contributed by atoms with E-state index in [1.54, 1.807) is 0 Å². The Labute approximate surface area is 177 Å². The number of anilines is 3. The van der Waals surface area contributed by atoms with Gasteiger partial charge in [0.1, 0.15) is 5.82 Å². The number of carbonyl (C=O) groups excluding carboxylic acids is 2. The van der Waals surface area contributed by atoms with Crippen molar-refractivity contribution in [3.05, 3.63) is 45.8 Å². The van der Waals surface area contributed by atoms with Gasteiger partial charge < -0.3 is 15.5 Å². The summed E-state index contributed by atoms with van der Waals surface area (Å²) in [6.45, 7) is 5.69. The number of nitrogens with zero attached hydrogens (tertiary/aromatic N) is 2. The van der Waals surface area contributed by atoms with Gasteiger partial charge in [0, 0.05) is 31.3 Å². The van der Waals surface area contributed by atoms with Gasteiger partial charge in [-0.2, -0.15) is 4.98 Å². The summed E-state index contributed by atoms with van der Waals surface area (Å²) in [5.41, 5.74) is -0.452. The van der Waals surface area contributed by atoms with Crippen LogP contribution in [-0.2, 0) is 9.59 Å². The van der Waals surface area contributed by atoms with Crippen LogP contribution in [0, 0.1) is 23.5 Å². The predicted molar refractivity (Wildman–Crippen MR) is 111 cm³/mol. The maximum Gasteiger partial charge on any atom is 0.258 e. The summed E-state index contributed by atoms with van der Waals surface area (Å²) in [5, 5.41) is 5.02. The highest BCUT2D eigenvalue weighted by Gasteiger charge is 2.35. The molecule has 164 valence electrons. The molecule has 0 aliphatic carbocycles. The lowest BCUT2D eigenvalue weighted by molar-refractivity contribution is -0.123. The minimum Gasteiger partial charge on any atom is -0.342 e. The molecule has 2 aliphatic rings. The van der Waals surface area contributed by atoms with Crippen molar-refractivity contribution in [1.29, 1.82) is 0 Å². The van der Waals surface area contributed by atoms with Crippen molar-refractivity contribution in [2.24, 2.45) is 11.8 Å². The largest absolute Gasteiger partial charge is 0.342 e. The lowest BCUT2D eigenvalue weighted by Crippen LogP contribution is -2.42. The molecule has 0 spiro atoms. The lowest BCUT2D eigenvalue weighted by atomic mass is 9.91. The molecule has 0 radical (unpaired) electrons. The van der Waals surface area contributed by atoms with Crippen molar-refractivity contribution in [3.8, 4) is 0 Å². The number of carbonyl (C=O) groups is 2. The zero-order valence-corrected chi connectivity index (χ0v) is 17.2. The molecule has 2 amide bonds. The van der Waals surface area contributed by atoms with Gasteiger partial charge in [0.05, 0.1) is 11.5 Å². The summed E-state index contributed by atoms with van der Waals surface area (Å²) in [5.74, 6) is -3.16. The number of halogens is 2. The molecule has 1 aromatic heterocycles. The van der Waals surface area contributed by atoms with Gasteiger partial charge in [-0.05, 0) is 30.4 Å². The average Bonchev–Trinajstić information content (AvgIpc) is 2.69. The van der Waals surface area contributed by atoms with Gasteiger partial charge in [0.2, 0.25) is 17.8 Å². The van der Waals surface area contributed by atoms with Gasteiger partial charge in [-0.1, -0.05) is 13.8 Å². The molecule has 3 N–H and O–H groups in total.